The number of aromatic nitrogens is 11. The average Bonchev–Trinajstić information content (AvgIpc) is 1.76. The van der Waals surface area contributed by atoms with E-state index in [1.165, 1.54) is 38.9 Å². The average molecular weight is 2060 g/mol. The first-order chi connectivity index (χ1) is 54.0. The van der Waals surface area contributed by atoms with Gasteiger partial charge >= 0.3 is 41.2 Å². The number of ketones is 1. The van der Waals surface area contributed by atoms with Gasteiger partial charge in [0.05, 0.1) is 124 Å². The number of aromatic hydroxyl groups is 1. The van der Waals surface area contributed by atoms with E-state index in [0.29, 0.717) is 72.9 Å². The fourth-order valence-corrected chi connectivity index (χ4v) is 11.2. The number of nitrogens with zero attached hydrogens (tertiary/aromatic N) is 14. The number of fused-ring (bicyclic) bond motifs is 2. The summed E-state index contributed by atoms with van der Waals surface area (Å²) in [4.78, 5) is 82.0. The van der Waals surface area contributed by atoms with Crippen molar-refractivity contribution < 1.29 is 106 Å². The molecule has 0 amide bonds. The maximum Gasteiger partial charge on any atom is 1.00 e. The van der Waals surface area contributed by atoms with Crippen molar-refractivity contribution in [1.82, 2.24) is 49.8 Å². The van der Waals surface area contributed by atoms with Crippen LogP contribution in [0.25, 0.3) is 11.5 Å². The number of hydrogen-bond donors (Lipinski definition) is 1. The van der Waals surface area contributed by atoms with Crippen LogP contribution >= 0.6 is 114 Å². The summed E-state index contributed by atoms with van der Waals surface area (Å²) in [6.45, 7) is 14.2. The van der Waals surface area contributed by atoms with Gasteiger partial charge in [0.2, 0.25) is 17.2 Å². The fraction of sp³-hybridized carbons (Fsp3) is 0.408. The molecule has 0 atom stereocenters. The number of halogens is 7. The minimum absolute atomic E-state index is 0. The number of pyridine rings is 7. The second kappa shape index (κ2) is 55.3. The Kier molecular flexibility index (Phi) is 50.7. The van der Waals surface area contributed by atoms with Crippen LogP contribution in [0.15, 0.2) is 127 Å². The third kappa shape index (κ3) is 38.7. The first-order valence-corrected chi connectivity index (χ1v) is 40.5. The molecule has 9 aromatic heterocycles. The first kappa shape index (κ1) is 106. The van der Waals surface area contributed by atoms with Crippen LogP contribution in [-0.4, -0.2) is 180 Å². The van der Waals surface area contributed by atoms with Gasteiger partial charge in [-0.3, -0.25) is 24.7 Å². The van der Waals surface area contributed by atoms with Crippen molar-refractivity contribution in [3.8, 4) is 69.0 Å². The number of esters is 1. The Morgan fingerprint density at radius 1 is 0.557 bits per heavy atom. The number of methoxy groups -OCH3 is 9. The van der Waals surface area contributed by atoms with Gasteiger partial charge < -0.3 is 72.6 Å². The standard InChI is InChI=1S/C22H30N4O3.C14H20ClN3O2.C8H11NO2.C7H8BrNO2.C6H5BrN2O3.C6H6BrNO2.C6H6BrNO.C5H4BrNO.CH3I.CH3O.Na/c1-22(2,3)11-14(27)13-26(4)21-15-8-7-9-16(15)24-20(25-21)17-10-18(28-5)19(29-6)12-23-17;1-14(2,3)20-11(19)8-18(4)12-9-6-5-7-10(9)16-13(15)17-12;1-6-4-7(10-2)8(11-3)5-9-6;1-10-5-3-7(8)9-4-6(5)11-2;1-12-5-3-8-6(7)2-4(5)9(10)11;1-10-5-2-3-6(7)8(9)4-5;1-9-5-2-3-6(7)8-4-5;6-5-2-1-4(8)3-7-5;2*1-2;/h10,12H,7-9,11,13H2,1-6H3;5-8H2,1-4H3;4-5H,1-3H3;3-4H,1-2H3;2-3H,1H3;2-4H,1H3;2-4H,1H3;1-3,8H;2*1H3;/q;;;;;;;;;-1;+1. The topological polar surface area (TPSA) is 375 Å². The van der Waals surface area contributed by atoms with Gasteiger partial charge in [0.25, 0.3) is 4.60 Å². The minimum atomic E-state index is -0.523. The fourth-order valence-electron chi connectivity index (χ4n) is 9.70. The van der Waals surface area contributed by atoms with E-state index in [-0.39, 0.29) is 75.7 Å². The number of rotatable bonds is 18. The van der Waals surface area contributed by atoms with Crippen molar-refractivity contribution in [3.63, 3.8) is 0 Å². The van der Waals surface area contributed by atoms with E-state index in [9.17, 15) is 24.9 Å². The molecule has 0 aromatic carbocycles. The van der Waals surface area contributed by atoms with Crippen molar-refractivity contribution in [3.05, 3.63) is 176 Å². The largest absolute Gasteiger partial charge is 1.00 e. The molecule has 31 nitrogen and oxygen atoms in total. The van der Waals surface area contributed by atoms with Crippen molar-refractivity contribution in [2.45, 2.75) is 99.0 Å². The molecule has 0 aliphatic heterocycles. The molecule has 0 bridgehead atoms. The molecule has 1 N–H and O–H groups in total. The molecule has 0 saturated heterocycles. The van der Waals surface area contributed by atoms with E-state index >= 15 is 0 Å². The number of aryl methyl sites for hydroxylation is 3. The van der Waals surface area contributed by atoms with Crippen LogP contribution in [0.4, 0.5) is 17.3 Å². The van der Waals surface area contributed by atoms with Gasteiger partial charge in [-0.1, -0.05) is 43.4 Å². The molecule has 2 aliphatic rings. The minimum Gasteiger partial charge on any atom is -0.857 e. The van der Waals surface area contributed by atoms with E-state index in [1.807, 2.05) is 69.8 Å². The molecule has 0 spiro atoms. The molecule has 9 aromatic rings. The summed E-state index contributed by atoms with van der Waals surface area (Å²) in [5.41, 5.74) is 5.20. The van der Waals surface area contributed by atoms with Crippen LogP contribution in [0, 0.1) is 27.7 Å². The molecule has 0 radical (unpaired) electrons. The molecule has 0 fully saturated rings. The number of Topliss-reactive ketones (excluding diaryl/α,β-unsaturated/α-hetero) is 1. The Labute approximate surface area is 754 Å². The second-order valence-electron chi connectivity index (χ2n) is 25.3. The van der Waals surface area contributed by atoms with Crippen molar-refractivity contribution >= 4 is 143 Å². The number of anilines is 2. The third-order valence-corrected chi connectivity index (χ3v) is 17.1. The Bertz CT molecular complexity index is 4390. The Morgan fingerprint density at radius 3 is 1.48 bits per heavy atom. The van der Waals surface area contributed by atoms with Crippen LogP contribution in [-0.2, 0) is 40.0 Å². The Balaban J connectivity index is 0.000000680. The summed E-state index contributed by atoms with van der Waals surface area (Å²) in [7, 11) is 18.5. The summed E-state index contributed by atoms with van der Waals surface area (Å²) in [5, 5.41) is 38.4. The zero-order chi connectivity index (χ0) is 86.0. The Hall–Kier alpha value is -7.47. The van der Waals surface area contributed by atoms with Crippen LogP contribution in [0.5, 0.6) is 57.5 Å². The SMILES string of the molecule is CI.CN(CC(=O)OC(C)(C)C)c1nc(Cl)nc2c1CCC2.COc1ccc(Br)[n+]([O-])c1.COc1ccc(Br)nc1.COc1cnc(-c2nc3c(c(N(C)CC(=O)CC(C)(C)C)n2)CCC3)cc1OC.COc1cnc(Br)cc1OC.COc1cnc(Br)cc1[N+](=O)[O-].COc1cnc(C)cc1OC.C[O-].Oc1ccc(Br)nc1.[Na+]. The quantitative estimate of drug-likeness (QED) is 0.00796. The summed E-state index contributed by atoms with van der Waals surface area (Å²) in [6.07, 6.45) is 16.9. The number of hydrogen-bond acceptors (Lipinski definition) is 29. The summed E-state index contributed by atoms with van der Waals surface area (Å²) in [5.74, 6) is 7.54. The van der Waals surface area contributed by atoms with Gasteiger partial charge in [0.1, 0.15) is 59.4 Å². The second-order valence-corrected chi connectivity index (χ2v) is 29.7. The van der Waals surface area contributed by atoms with Gasteiger partial charge in [0, 0.05) is 83.2 Å². The molecule has 2 aliphatic carbocycles. The maximum absolute atomic E-state index is 12.5. The zero-order valence-electron chi connectivity index (χ0n) is 68.1. The maximum atomic E-state index is 12.5. The number of ether oxygens (including phenoxy) is 10. The zero-order valence-corrected chi connectivity index (χ0v) is 80.9. The first-order valence-electron chi connectivity index (χ1n) is 34.0. The predicted molar refractivity (Wildman–Crippen MR) is 461 cm³/mol. The van der Waals surface area contributed by atoms with Gasteiger partial charge in [-0.2, -0.15) is 11.8 Å². The predicted octanol–water partition coefficient (Wildman–Crippen LogP) is 12.4. The van der Waals surface area contributed by atoms with Crippen LogP contribution < -0.4 is 91.8 Å². The van der Waals surface area contributed by atoms with Gasteiger partial charge in [-0.05, 0) is 182 Å². The monoisotopic (exact) mass is 2060 g/mol. The number of likely N-dealkylation sites (N-methyl/N-ethyl adjacent to an activating group) is 2. The van der Waals surface area contributed by atoms with Crippen LogP contribution in [0.2, 0.25) is 5.28 Å². The van der Waals surface area contributed by atoms with E-state index in [1.54, 1.807) is 116 Å². The van der Waals surface area contributed by atoms with Crippen LogP contribution in [0.1, 0.15) is 89.0 Å². The van der Waals surface area contributed by atoms with Crippen molar-refractivity contribution in [1.29, 1.82) is 0 Å². The summed E-state index contributed by atoms with van der Waals surface area (Å²) >= 11 is 23.7. The number of alkyl halides is 1. The number of carbonyl (C=O) groups excluding carboxylic acids is 2. The number of nitro groups is 1. The van der Waals surface area contributed by atoms with Crippen LogP contribution in [0.3, 0.4) is 0 Å². The smallest absolute Gasteiger partial charge is 0.857 e. The molecule has 115 heavy (non-hydrogen) atoms. The number of carbonyl (C=O) groups is 2. The molecule has 39 heteroatoms. The molecular formula is C76H96Br5ClIN14NaO17. The summed E-state index contributed by atoms with van der Waals surface area (Å²) in [6, 6.07) is 16.9. The molecule has 11 rings (SSSR count). The molecule has 0 unspecified atom stereocenters. The molecular weight excluding hydrogens is 1970 g/mol. The Morgan fingerprint density at radius 2 is 1.01 bits per heavy atom. The molecule has 0 saturated carbocycles. The molecule has 9 heterocycles. The van der Waals surface area contributed by atoms with Gasteiger partial charge in [0.15, 0.2) is 51.9 Å². The normalized spacial score (nSPS) is 10.8. The summed E-state index contributed by atoms with van der Waals surface area (Å²) < 4.78 is 54.3. The van der Waals surface area contributed by atoms with Gasteiger partial charge in [-0.15, -0.1) is 0 Å². The third-order valence-electron chi connectivity index (χ3n) is 14.5. The van der Waals surface area contributed by atoms with E-state index in [2.05, 4.69) is 163 Å². The van der Waals surface area contributed by atoms with Crippen molar-refractivity contribution in [2.24, 2.45) is 5.41 Å². The van der Waals surface area contributed by atoms with E-state index < -0.39 is 10.5 Å². The van der Waals surface area contributed by atoms with E-state index in [0.717, 1.165) is 111 Å². The van der Waals surface area contributed by atoms with E-state index in [4.69, 9.17) is 79.2 Å². The molecule has 622 valence electrons. The van der Waals surface area contributed by atoms with Crippen molar-refractivity contribution in [2.75, 3.05) is 113 Å². The van der Waals surface area contributed by atoms with Gasteiger partial charge in [-0.25, -0.2) is 44.9 Å².